The fourth-order valence-corrected chi connectivity index (χ4v) is 1.70. The van der Waals surface area contributed by atoms with Crippen molar-refractivity contribution in [3.05, 3.63) is 28.9 Å². The number of rotatable bonds is 1. The van der Waals surface area contributed by atoms with Crippen molar-refractivity contribution in [1.29, 1.82) is 0 Å². The van der Waals surface area contributed by atoms with E-state index in [9.17, 15) is 0 Å². The van der Waals surface area contributed by atoms with Crippen LogP contribution in [0.5, 0.6) is 5.75 Å². The fourth-order valence-electron chi connectivity index (χ4n) is 1.27. The first kappa shape index (κ1) is 7.68. The molecule has 0 saturated heterocycles. The van der Waals surface area contributed by atoms with Gasteiger partial charge in [-0.2, -0.15) is 0 Å². The van der Waals surface area contributed by atoms with Crippen molar-refractivity contribution in [2.45, 2.75) is 0 Å². The minimum atomic E-state index is 0.889. The third-order valence-corrected chi connectivity index (χ3v) is 2.27. The summed E-state index contributed by atoms with van der Waals surface area (Å²) in [5.74, 6) is 0.889. The molecule has 0 atom stereocenters. The summed E-state index contributed by atoms with van der Waals surface area (Å²) < 4.78 is 6.24. The van der Waals surface area contributed by atoms with E-state index in [0.29, 0.717) is 0 Å². The van der Waals surface area contributed by atoms with Gasteiger partial charge in [-0.05, 0) is 18.2 Å². The van der Waals surface area contributed by atoms with Crippen LogP contribution in [0.3, 0.4) is 0 Å². The summed E-state index contributed by atoms with van der Waals surface area (Å²) in [6.45, 7) is 0. The maximum Gasteiger partial charge on any atom is 0.129 e. The van der Waals surface area contributed by atoms with Gasteiger partial charge in [0.1, 0.15) is 5.75 Å². The molecule has 1 aromatic heterocycles. The molecule has 2 rings (SSSR count). The second-order valence-electron chi connectivity index (χ2n) is 2.55. The van der Waals surface area contributed by atoms with Crippen LogP contribution >= 0.6 is 15.9 Å². The molecule has 3 heteroatoms. The third-order valence-electron chi connectivity index (χ3n) is 1.82. The molecule has 2 aromatic rings. The Bertz CT molecular complexity index is 408. The molecular weight excluding hydrogens is 218 g/mol. The average molecular weight is 226 g/mol. The van der Waals surface area contributed by atoms with Gasteiger partial charge in [0.2, 0.25) is 0 Å². The van der Waals surface area contributed by atoms with Crippen LogP contribution in [-0.2, 0) is 0 Å². The molecule has 0 amide bonds. The number of H-pyrrole nitrogens is 1. The number of aromatic nitrogens is 1. The lowest BCUT2D eigenvalue weighted by Gasteiger charge is -2.01. The Morgan fingerprint density at radius 1 is 1.42 bits per heavy atom. The van der Waals surface area contributed by atoms with Gasteiger partial charge < -0.3 is 9.72 Å². The minimum absolute atomic E-state index is 0.889. The number of hydrogen-bond donors (Lipinski definition) is 1. The number of hydrogen-bond acceptors (Lipinski definition) is 1. The molecule has 62 valence electrons. The van der Waals surface area contributed by atoms with Gasteiger partial charge in [0, 0.05) is 16.1 Å². The Kier molecular flexibility index (Phi) is 1.81. The highest BCUT2D eigenvalue weighted by atomic mass is 79.9. The zero-order valence-corrected chi connectivity index (χ0v) is 8.18. The lowest BCUT2D eigenvalue weighted by Crippen LogP contribution is -1.83. The van der Waals surface area contributed by atoms with Gasteiger partial charge in [-0.3, -0.25) is 0 Å². The van der Waals surface area contributed by atoms with Crippen molar-refractivity contribution < 1.29 is 4.74 Å². The lowest BCUT2D eigenvalue weighted by atomic mass is 10.2. The average Bonchev–Trinajstić information content (AvgIpc) is 2.50. The van der Waals surface area contributed by atoms with Gasteiger partial charge in [0.25, 0.3) is 0 Å². The third kappa shape index (κ3) is 1.10. The molecule has 0 spiro atoms. The smallest absolute Gasteiger partial charge is 0.129 e. The summed E-state index contributed by atoms with van der Waals surface area (Å²) in [6, 6.07) is 5.98. The first-order chi connectivity index (χ1) is 5.81. The van der Waals surface area contributed by atoms with Crippen molar-refractivity contribution in [3.8, 4) is 5.75 Å². The fraction of sp³-hybridized carbons (Fsp3) is 0.111. The molecule has 1 aromatic carbocycles. The maximum atomic E-state index is 5.22. The molecule has 2 nitrogen and oxygen atoms in total. The number of halogens is 1. The Balaban J connectivity index is 2.80. The van der Waals surface area contributed by atoms with E-state index >= 15 is 0 Å². The van der Waals surface area contributed by atoms with E-state index in [2.05, 4.69) is 20.9 Å². The van der Waals surface area contributed by atoms with Crippen LogP contribution in [0.2, 0.25) is 0 Å². The van der Waals surface area contributed by atoms with Crippen LogP contribution in [0.1, 0.15) is 0 Å². The Morgan fingerprint density at radius 3 is 3.00 bits per heavy atom. The standard InChI is InChI=1S/C9H8BrNO/c1-12-9-5-6(10)4-8-7(9)2-3-11-8/h2-5,11H,1H3. The van der Waals surface area contributed by atoms with Crippen molar-refractivity contribution in [2.75, 3.05) is 7.11 Å². The van der Waals surface area contributed by atoms with E-state index in [1.54, 1.807) is 7.11 Å². The molecule has 0 unspecified atom stereocenters. The van der Waals surface area contributed by atoms with Crippen molar-refractivity contribution >= 4 is 26.8 Å². The molecule has 0 bridgehead atoms. The predicted octanol–water partition coefficient (Wildman–Crippen LogP) is 2.94. The number of methoxy groups -OCH3 is 1. The quantitative estimate of drug-likeness (QED) is 0.794. The summed E-state index contributed by atoms with van der Waals surface area (Å²) in [5, 5.41) is 1.11. The van der Waals surface area contributed by atoms with Crippen molar-refractivity contribution in [1.82, 2.24) is 4.98 Å². The SMILES string of the molecule is COc1cc(Br)cc2[nH]ccc12. The second-order valence-corrected chi connectivity index (χ2v) is 3.46. The van der Waals surface area contributed by atoms with Gasteiger partial charge in [-0.25, -0.2) is 0 Å². The van der Waals surface area contributed by atoms with Crippen LogP contribution in [0.25, 0.3) is 10.9 Å². The number of nitrogens with one attached hydrogen (secondary N) is 1. The summed E-state index contributed by atoms with van der Waals surface area (Å²) in [7, 11) is 1.67. The van der Waals surface area contributed by atoms with Gasteiger partial charge in [0.15, 0.2) is 0 Å². The van der Waals surface area contributed by atoms with Gasteiger partial charge in [-0.15, -0.1) is 0 Å². The van der Waals surface area contributed by atoms with E-state index in [1.807, 2.05) is 24.4 Å². The summed E-state index contributed by atoms with van der Waals surface area (Å²) >= 11 is 3.41. The highest BCUT2D eigenvalue weighted by Crippen LogP contribution is 2.28. The van der Waals surface area contributed by atoms with Crippen LogP contribution in [0, 0.1) is 0 Å². The molecule has 0 fully saturated rings. The number of ether oxygens (including phenoxy) is 1. The number of benzene rings is 1. The monoisotopic (exact) mass is 225 g/mol. The topological polar surface area (TPSA) is 25.0 Å². The van der Waals surface area contributed by atoms with Gasteiger partial charge in [-0.1, -0.05) is 15.9 Å². The lowest BCUT2D eigenvalue weighted by molar-refractivity contribution is 0.419. The predicted molar refractivity (Wildman–Crippen MR) is 52.6 cm³/mol. The van der Waals surface area contributed by atoms with E-state index in [4.69, 9.17) is 4.74 Å². The Morgan fingerprint density at radius 2 is 2.25 bits per heavy atom. The molecule has 0 saturated carbocycles. The van der Waals surface area contributed by atoms with Crippen LogP contribution in [0.15, 0.2) is 28.9 Å². The number of fused-ring (bicyclic) bond motifs is 1. The molecule has 1 heterocycles. The normalized spacial score (nSPS) is 10.5. The molecule has 0 aliphatic carbocycles. The molecular formula is C9H8BrNO. The van der Waals surface area contributed by atoms with E-state index in [1.165, 1.54) is 0 Å². The van der Waals surface area contributed by atoms with Crippen molar-refractivity contribution in [2.24, 2.45) is 0 Å². The van der Waals surface area contributed by atoms with Crippen LogP contribution in [0.4, 0.5) is 0 Å². The largest absolute Gasteiger partial charge is 0.496 e. The highest BCUT2D eigenvalue weighted by molar-refractivity contribution is 9.10. The Labute approximate surface area is 78.7 Å². The Hall–Kier alpha value is -0.960. The van der Waals surface area contributed by atoms with Gasteiger partial charge in [0.05, 0.1) is 12.6 Å². The molecule has 1 N–H and O–H groups in total. The second kappa shape index (κ2) is 2.83. The van der Waals surface area contributed by atoms with E-state index < -0.39 is 0 Å². The molecule has 0 radical (unpaired) electrons. The van der Waals surface area contributed by atoms with E-state index in [0.717, 1.165) is 21.1 Å². The highest BCUT2D eigenvalue weighted by Gasteiger charge is 2.02. The first-order valence-corrected chi connectivity index (χ1v) is 4.41. The van der Waals surface area contributed by atoms with Gasteiger partial charge >= 0.3 is 0 Å². The molecule has 0 aliphatic heterocycles. The van der Waals surface area contributed by atoms with Crippen molar-refractivity contribution in [3.63, 3.8) is 0 Å². The zero-order chi connectivity index (χ0) is 8.55. The summed E-state index contributed by atoms with van der Waals surface area (Å²) in [4.78, 5) is 3.13. The summed E-state index contributed by atoms with van der Waals surface area (Å²) in [5.41, 5.74) is 1.08. The van der Waals surface area contributed by atoms with Crippen LogP contribution in [-0.4, -0.2) is 12.1 Å². The van der Waals surface area contributed by atoms with E-state index in [-0.39, 0.29) is 0 Å². The molecule has 12 heavy (non-hydrogen) atoms. The first-order valence-electron chi connectivity index (χ1n) is 3.62. The minimum Gasteiger partial charge on any atom is -0.496 e. The molecule has 0 aliphatic rings. The number of aromatic amines is 1. The zero-order valence-electron chi connectivity index (χ0n) is 6.60. The maximum absolute atomic E-state index is 5.22. The van der Waals surface area contributed by atoms with Crippen LogP contribution < -0.4 is 4.74 Å². The summed E-state index contributed by atoms with van der Waals surface area (Å²) in [6.07, 6.45) is 1.90.